The molecule has 2 fully saturated rings. The van der Waals surface area contributed by atoms with Gasteiger partial charge >= 0.3 is 30.2 Å². The Kier molecular flexibility index (Phi) is 10.0. The van der Waals surface area contributed by atoms with Crippen LogP contribution in [-0.4, -0.2) is 116 Å². The number of carboxylic acid groups (broad SMARTS) is 3. The number of aryl methyl sites for hydroxylation is 1. The van der Waals surface area contributed by atoms with E-state index >= 15 is 4.39 Å². The molecule has 20 heteroatoms. The number of hydrogen-bond acceptors (Lipinski definition) is 10. The summed E-state index contributed by atoms with van der Waals surface area (Å²) in [5, 5.41) is 25.6. The SMILES string of the molecule is CCn1cc(C(=O)O)c(=O)c2cc(F)c(N3CCN(C(=O)OCC4=C(C(=O)O)N5C(=O)[C@@H](N)[C@H]5SC4)CC3)cc21.O=C(O)C(F)(F)F. The Labute approximate surface area is 265 Å². The van der Waals surface area contributed by atoms with Gasteiger partial charge in [-0.2, -0.15) is 13.2 Å². The monoisotopic (exact) mass is 689 g/mol. The number of thioether (sulfide) groups is 1. The number of aromatic nitrogens is 1. The van der Waals surface area contributed by atoms with Gasteiger partial charge in [0.1, 0.15) is 35.1 Å². The second kappa shape index (κ2) is 13.5. The van der Waals surface area contributed by atoms with Crippen LogP contribution in [0.4, 0.5) is 28.0 Å². The van der Waals surface area contributed by atoms with E-state index in [1.165, 1.54) is 28.9 Å². The van der Waals surface area contributed by atoms with Crippen LogP contribution in [-0.2, 0) is 25.7 Å². The standard InChI is InChI=1S/C25H26FN5O8S.C2HF3O2/c1-2-28-9-14(23(34)35)20(32)13-7-15(26)17(8-16(13)28)29-3-5-30(6-4-29)25(38)39-10-12-11-40-22-18(27)21(33)31(22)19(12)24(36)37;3-2(4,5)1(6)7/h7-9,18,22H,2-6,10-11,27H2,1H3,(H,34,35)(H,36,37);(H,6,7)/t18-,22-;/m1./s1. The molecule has 254 valence electrons. The predicted octanol–water partition coefficient (Wildman–Crippen LogP) is 1.33. The van der Waals surface area contributed by atoms with Gasteiger partial charge < -0.3 is 40.2 Å². The van der Waals surface area contributed by atoms with E-state index in [2.05, 4.69) is 0 Å². The number of anilines is 1. The summed E-state index contributed by atoms with van der Waals surface area (Å²) < 4.78 is 53.8. The third-order valence-electron chi connectivity index (χ3n) is 7.50. The van der Waals surface area contributed by atoms with Crippen LogP contribution in [0.15, 0.2) is 34.4 Å². The van der Waals surface area contributed by atoms with E-state index in [1.54, 1.807) is 16.4 Å². The topological polar surface area (TPSA) is 213 Å². The van der Waals surface area contributed by atoms with Crippen LogP contribution in [0.1, 0.15) is 17.3 Å². The smallest absolute Gasteiger partial charge is 0.477 e. The molecule has 5 N–H and O–H groups in total. The van der Waals surface area contributed by atoms with Gasteiger partial charge in [0.2, 0.25) is 11.3 Å². The average Bonchev–Trinajstić information content (AvgIpc) is 3.02. The maximum absolute atomic E-state index is 15.1. The van der Waals surface area contributed by atoms with Crippen LogP contribution >= 0.6 is 11.8 Å². The lowest BCUT2D eigenvalue weighted by atomic mass is 10.0. The summed E-state index contributed by atoms with van der Waals surface area (Å²) in [6.07, 6.45) is -4.51. The number of aromatic carboxylic acids is 1. The summed E-state index contributed by atoms with van der Waals surface area (Å²) in [7, 11) is 0. The number of fused-ring (bicyclic) bond motifs is 2. The first-order chi connectivity index (χ1) is 22.0. The molecule has 2 saturated heterocycles. The van der Waals surface area contributed by atoms with Crippen molar-refractivity contribution >= 4 is 58.3 Å². The molecule has 1 aromatic heterocycles. The van der Waals surface area contributed by atoms with Crippen molar-refractivity contribution in [2.24, 2.45) is 5.73 Å². The van der Waals surface area contributed by atoms with E-state index < -0.39 is 64.3 Å². The Morgan fingerprint density at radius 3 is 2.19 bits per heavy atom. The lowest BCUT2D eigenvalue weighted by Gasteiger charge is -2.47. The number of aliphatic carboxylic acids is 2. The molecule has 2 atom stereocenters. The van der Waals surface area contributed by atoms with E-state index in [9.17, 15) is 47.4 Å². The van der Waals surface area contributed by atoms with Crippen LogP contribution in [0.25, 0.3) is 10.9 Å². The molecule has 4 heterocycles. The number of benzene rings is 1. The van der Waals surface area contributed by atoms with Gasteiger partial charge in [-0.3, -0.25) is 14.5 Å². The summed E-state index contributed by atoms with van der Waals surface area (Å²) in [5.41, 5.74) is 5.25. The Balaban J connectivity index is 0.000000644. The summed E-state index contributed by atoms with van der Waals surface area (Å²) in [5.74, 6) is -6.37. The minimum absolute atomic E-state index is 0.0330. The molecule has 0 spiro atoms. The Morgan fingerprint density at radius 1 is 1.04 bits per heavy atom. The number of carboxylic acids is 3. The normalized spacial score (nSPS) is 19.4. The zero-order chi connectivity index (χ0) is 35.0. The second-order valence-corrected chi connectivity index (χ2v) is 11.4. The molecule has 0 unspecified atom stereocenters. The fourth-order valence-electron chi connectivity index (χ4n) is 5.12. The number of nitrogens with zero attached hydrogens (tertiary/aromatic N) is 4. The number of nitrogens with two attached hydrogens (primary N) is 1. The third-order valence-corrected chi connectivity index (χ3v) is 8.86. The van der Waals surface area contributed by atoms with Crippen molar-refractivity contribution in [3.63, 3.8) is 0 Å². The first-order valence-corrected chi connectivity index (χ1v) is 14.7. The lowest BCUT2D eigenvalue weighted by Crippen LogP contribution is -2.68. The Morgan fingerprint density at radius 2 is 1.66 bits per heavy atom. The van der Waals surface area contributed by atoms with Gasteiger partial charge in [-0.05, 0) is 19.1 Å². The molecule has 1 aromatic carbocycles. The number of piperazine rings is 1. The Hall–Kier alpha value is -4.85. The minimum atomic E-state index is -5.08. The molecule has 2 aromatic rings. The van der Waals surface area contributed by atoms with Gasteiger partial charge in [0.25, 0.3) is 0 Å². The largest absolute Gasteiger partial charge is 0.490 e. The Bertz CT molecular complexity index is 1740. The van der Waals surface area contributed by atoms with Crippen molar-refractivity contribution in [3.05, 3.63) is 51.2 Å². The van der Waals surface area contributed by atoms with Gasteiger partial charge in [0.05, 0.1) is 11.2 Å². The van der Waals surface area contributed by atoms with E-state index in [0.29, 0.717) is 17.6 Å². The number of rotatable bonds is 6. The summed E-state index contributed by atoms with van der Waals surface area (Å²) in [6.45, 7) is 2.72. The van der Waals surface area contributed by atoms with Crippen molar-refractivity contribution in [1.29, 1.82) is 0 Å². The van der Waals surface area contributed by atoms with E-state index in [-0.39, 0.29) is 55.3 Å². The van der Waals surface area contributed by atoms with E-state index in [1.807, 2.05) is 0 Å². The molecular weight excluding hydrogens is 662 g/mol. The highest BCUT2D eigenvalue weighted by Crippen LogP contribution is 2.39. The highest BCUT2D eigenvalue weighted by atomic mass is 32.2. The number of β-lactam (4-membered cyclic amide) rings is 1. The highest BCUT2D eigenvalue weighted by molar-refractivity contribution is 8.00. The summed E-state index contributed by atoms with van der Waals surface area (Å²) in [6, 6.07) is 1.79. The molecule has 47 heavy (non-hydrogen) atoms. The van der Waals surface area contributed by atoms with Gasteiger partial charge in [0, 0.05) is 55.6 Å². The van der Waals surface area contributed by atoms with Crippen LogP contribution in [0.3, 0.4) is 0 Å². The van der Waals surface area contributed by atoms with Crippen LogP contribution < -0.4 is 16.1 Å². The minimum Gasteiger partial charge on any atom is -0.477 e. The van der Waals surface area contributed by atoms with Crippen LogP contribution in [0.5, 0.6) is 0 Å². The number of hydrogen-bond donors (Lipinski definition) is 4. The second-order valence-electron chi connectivity index (χ2n) is 10.3. The van der Waals surface area contributed by atoms with E-state index in [0.717, 1.165) is 11.0 Å². The number of alkyl halides is 3. The maximum atomic E-state index is 15.1. The fraction of sp³-hybridized carbons (Fsp3) is 0.407. The summed E-state index contributed by atoms with van der Waals surface area (Å²) >= 11 is 1.31. The van der Waals surface area contributed by atoms with Crippen molar-refractivity contribution in [1.82, 2.24) is 14.4 Å². The van der Waals surface area contributed by atoms with Crippen LogP contribution in [0, 0.1) is 5.82 Å². The van der Waals surface area contributed by atoms with Crippen molar-refractivity contribution < 1.29 is 61.6 Å². The molecule has 0 radical (unpaired) electrons. The third kappa shape index (κ3) is 6.97. The molecule has 3 aliphatic heterocycles. The van der Waals surface area contributed by atoms with Crippen LogP contribution in [0.2, 0.25) is 0 Å². The maximum Gasteiger partial charge on any atom is 0.490 e. The number of ether oxygens (including phenoxy) is 1. The first kappa shape index (κ1) is 35.0. The molecule has 15 nitrogen and oxygen atoms in total. The zero-order valence-electron chi connectivity index (χ0n) is 24.3. The number of carbonyl (C=O) groups excluding carboxylic acids is 2. The predicted molar refractivity (Wildman–Crippen MR) is 155 cm³/mol. The fourth-order valence-corrected chi connectivity index (χ4v) is 6.39. The molecule has 0 bridgehead atoms. The van der Waals surface area contributed by atoms with Crippen molar-refractivity contribution in [3.8, 4) is 0 Å². The molecule has 3 aliphatic rings. The first-order valence-electron chi connectivity index (χ1n) is 13.7. The van der Waals surface area contributed by atoms with Gasteiger partial charge in [-0.25, -0.2) is 23.6 Å². The van der Waals surface area contributed by atoms with Gasteiger partial charge in [-0.15, -0.1) is 11.8 Å². The molecular formula is C27H27F4N5O10S. The highest BCUT2D eigenvalue weighted by Gasteiger charge is 2.51. The average molecular weight is 690 g/mol. The molecule has 5 rings (SSSR count). The van der Waals surface area contributed by atoms with Crippen molar-refractivity contribution in [2.45, 2.75) is 31.1 Å². The molecule has 2 amide bonds. The number of pyridine rings is 1. The molecule has 0 aliphatic carbocycles. The molecule has 0 saturated carbocycles. The van der Waals surface area contributed by atoms with E-state index in [4.69, 9.17) is 20.4 Å². The lowest BCUT2D eigenvalue weighted by molar-refractivity contribution is -0.192. The number of halogens is 4. The van der Waals surface area contributed by atoms with Gasteiger partial charge in [0.15, 0.2) is 0 Å². The van der Waals surface area contributed by atoms with Gasteiger partial charge in [-0.1, -0.05) is 0 Å². The quantitative estimate of drug-likeness (QED) is 0.249. The number of amides is 2. The summed E-state index contributed by atoms with van der Waals surface area (Å²) in [4.78, 5) is 73.8. The zero-order valence-corrected chi connectivity index (χ0v) is 25.1. The number of carbonyl (C=O) groups is 5. The van der Waals surface area contributed by atoms with Crippen molar-refractivity contribution in [2.75, 3.05) is 43.4 Å².